The molecule has 0 radical (unpaired) electrons. The molecule has 0 aliphatic heterocycles. The molecule has 0 unspecified atom stereocenters. The third kappa shape index (κ3) is 2.22. The minimum atomic E-state index is -1.08. The van der Waals surface area contributed by atoms with Gasteiger partial charge in [0, 0.05) is 36.6 Å². The monoisotopic (exact) mass is 298 g/mol. The van der Waals surface area contributed by atoms with Gasteiger partial charge in [0.05, 0.1) is 11.8 Å². The van der Waals surface area contributed by atoms with Gasteiger partial charge in [-0.1, -0.05) is 0 Å². The first kappa shape index (κ1) is 14.2. The summed E-state index contributed by atoms with van der Waals surface area (Å²) in [7, 11) is 0. The van der Waals surface area contributed by atoms with Gasteiger partial charge in [-0.2, -0.15) is 0 Å². The van der Waals surface area contributed by atoms with Crippen LogP contribution in [0, 0.1) is 11.8 Å². The summed E-state index contributed by atoms with van der Waals surface area (Å²) >= 11 is 0. The molecule has 4 atom stereocenters. The van der Waals surface area contributed by atoms with Gasteiger partial charge < -0.3 is 10.2 Å². The molecule has 2 heterocycles. The van der Waals surface area contributed by atoms with Crippen LogP contribution in [-0.4, -0.2) is 32.1 Å². The van der Waals surface area contributed by atoms with Crippen molar-refractivity contribution in [3.05, 3.63) is 60.2 Å². The summed E-state index contributed by atoms with van der Waals surface area (Å²) in [5.74, 6) is -4.83. The second-order valence-electron chi connectivity index (χ2n) is 5.34. The molecule has 2 aromatic rings. The second-order valence-corrected chi connectivity index (χ2v) is 5.34. The smallest absolute Gasteiger partial charge is 0.308 e. The zero-order chi connectivity index (χ0) is 15.7. The van der Waals surface area contributed by atoms with Crippen molar-refractivity contribution in [2.75, 3.05) is 0 Å². The molecule has 2 N–H and O–H groups in total. The Morgan fingerprint density at radius 3 is 1.32 bits per heavy atom. The van der Waals surface area contributed by atoms with Crippen molar-refractivity contribution in [1.82, 2.24) is 9.97 Å². The van der Waals surface area contributed by atoms with E-state index in [0.29, 0.717) is 0 Å². The molecular weight excluding hydrogens is 284 g/mol. The fourth-order valence-corrected chi connectivity index (χ4v) is 3.36. The van der Waals surface area contributed by atoms with Crippen LogP contribution < -0.4 is 0 Å². The number of aromatic nitrogens is 2. The van der Waals surface area contributed by atoms with Crippen LogP contribution in [0.4, 0.5) is 0 Å². The highest BCUT2D eigenvalue weighted by atomic mass is 16.4. The highest BCUT2D eigenvalue weighted by Crippen LogP contribution is 2.57. The Kier molecular flexibility index (Phi) is 3.58. The van der Waals surface area contributed by atoms with E-state index < -0.39 is 23.8 Å². The molecule has 22 heavy (non-hydrogen) atoms. The van der Waals surface area contributed by atoms with Gasteiger partial charge in [0.2, 0.25) is 0 Å². The SMILES string of the molecule is O=C(O)[C@@H]1[C@H](C(=O)O)[C@@H](c2ccncc2)[C@H]1c1ccncc1. The third-order valence-electron chi connectivity index (χ3n) is 4.30. The summed E-state index contributed by atoms with van der Waals surface area (Å²) in [5.41, 5.74) is 1.59. The van der Waals surface area contributed by atoms with Crippen molar-refractivity contribution in [3.63, 3.8) is 0 Å². The van der Waals surface area contributed by atoms with Crippen molar-refractivity contribution in [3.8, 4) is 0 Å². The molecule has 1 aliphatic carbocycles. The zero-order valence-electron chi connectivity index (χ0n) is 11.5. The van der Waals surface area contributed by atoms with E-state index in [4.69, 9.17) is 0 Å². The standard InChI is InChI=1S/C16H14N2O4/c19-15(20)13-11(9-1-5-17-6-2-9)12(14(13)16(21)22)10-3-7-18-8-4-10/h1-8,11-14H,(H,19,20)(H,21,22)/t11-,12+,13+,14-. The van der Waals surface area contributed by atoms with E-state index in [1.165, 1.54) is 0 Å². The maximum Gasteiger partial charge on any atom is 0.308 e. The van der Waals surface area contributed by atoms with Crippen LogP contribution in [0.1, 0.15) is 23.0 Å². The molecule has 3 rings (SSSR count). The van der Waals surface area contributed by atoms with E-state index >= 15 is 0 Å². The normalized spacial score (nSPS) is 26.9. The number of carboxylic acid groups (broad SMARTS) is 2. The molecule has 1 fully saturated rings. The molecule has 112 valence electrons. The lowest BCUT2D eigenvalue weighted by atomic mass is 9.52. The molecule has 0 amide bonds. The van der Waals surface area contributed by atoms with Crippen molar-refractivity contribution >= 4 is 11.9 Å². The average Bonchev–Trinajstić information content (AvgIpc) is 2.47. The van der Waals surface area contributed by atoms with E-state index in [2.05, 4.69) is 9.97 Å². The van der Waals surface area contributed by atoms with Gasteiger partial charge in [-0.15, -0.1) is 0 Å². The minimum absolute atomic E-state index is 0.385. The Balaban J connectivity index is 2.07. The molecule has 0 spiro atoms. The van der Waals surface area contributed by atoms with Crippen LogP contribution in [0.15, 0.2) is 49.1 Å². The van der Waals surface area contributed by atoms with Crippen molar-refractivity contribution in [1.29, 1.82) is 0 Å². The Morgan fingerprint density at radius 2 is 1.05 bits per heavy atom. The van der Waals surface area contributed by atoms with Gasteiger partial charge in [0.25, 0.3) is 0 Å². The Labute approximate surface area is 126 Å². The predicted octanol–water partition coefficient (Wildman–Crippen LogP) is 1.76. The van der Waals surface area contributed by atoms with Crippen LogP contribution >= 0.6 is 0 Å². The van der Waals surface area contributed by atoms with Crippen LogP contribution in [0.25, 0.3) is 0 Å². The van der Waals surface area contributed by atoms with E-state index in [1.807, 2.05) is 0 Å². The number of hydrogen-bond donors (Lipinski definition) is 2. The number of pyridine rings is 2. The van der Waals surface area contributed by atoms with Crippen molar-refractivity contribution in [2.45, 2.75) is 11.8 Å². The van der Waals surface area contributed by atoms with Crippen molar-refractivity contribution < 1.29 is 19.8 Å². The quantitative estimate of drug-likeness (QED) is 0.892. The summed E-state index contributed by atoms with van der Waals surface area (Å²) < 4.78 is 0. The fraction of sp³-hybridized carbons (Fsp3) is 0.250. The second kappa shape index (κ2) is 5.55. The minimum Gasteiger partial charge on any atom is -0.481 e. The van der Waals surface area contributed by atoms with Gasteiger partial charge >= 0.3 is 11.9 Å². The fourth-order valence-electron chi connectivity index (χ4n) is 3.36. The zero-order valence-corrected chi connectivity index (χ0v) is 11.5. The lowest BCUT2D eigenvalue weighted by molar-refractivity contribution is -0.164. The number of carboxylic acids is 2. The average molecular weight is 298 g/mol. The Morgan fingerprint density at radius 1 is 0.727 bits per heavy atom. The predicted molar refractivity (Wildman–Crippen MR) is 76.2 cm³/mol. The van der Waals surface area contributed by atoms with E-state index in [9.17, 15) is 19.8 Å². The topological polar surface area (TPSA) is 100 Å². The summed E-state index contributed by atoms with van der Waals surface area (Å²) in [6.07, 6.45) is 6.36. The number of aliphatic carboxylic acids is 2. The highest BCUT2D eigenvalue weighted by Gasteiger charge is 2.58. The number of carbonyl (C=O) groups is 2. The first-order chi connectivity index (χ1) is 10.6. The summed E-state index contributed by atoms with van der Waals surface area (Å²) in [4.78, 5) is 31.0. The molecule has 0 saturated heterocycles. The van der Waals surface area contributed by atoms with Gasteiger partial charge in [0.15, 0.2) is 0 Å². The van der Waals surface area contributed by atoms with Gasteiger partial charge in [-0.3, -0.25) is 19.6 Å². The van der Waals surface area contributed by atoms with Crippen LogP contribution in [-0.2, 0) is 9.59 Å². The van der Waals surface area contributed by atoms with E-state index in [1.54, 1.807) is 49.1 Å². The molecule has 0 bridgehead atoms. The number of rotatable bonds is 4. The molecular formula is C16H14N2O4. The first-order valence-corrected chi connectivity index (χ1v) is 6.86. The molecule has 1 aliphatic rings. The molecule has 6 nitrogen and oxygen atoms in total. The van der Waals surface area contributed by atoms with Crippen LogP contribution in [0.3, 0.4) is 0 Å². The molecule has 2 aromatic heterocycles. The number of hydrogen-bond acceptors (Lipinski definition) is 4. The van der Waals surface area contributed by atoms with Gasteiger partial charge in [0.1, 0.15) is 0 Å². The van der Waals surface area contributed by atoms with E-state index in [-0.39, 0.29) is 11.8 Å². The summed E-state index contributed by atoms with van der Waals surface area (Å²) in [6, 6.07) is 6.97. The maximum atomic E-state index is 11.6. The Hall–Kier alpha value is -2.76. The maximum absolute atomic E-state index is 11.6. The lowest BCUT2D eigenvalue weighted by Gasteiger charge is -2.48. The first-order valence-electron chi connectivity index (χ1n) is 6.86. The van der Waals surface area contributed by atoms with Crippen LogP contribution in [0.2, 0.25) is 0 Å². The summed E-state index contributed by atoms with van der Waals surface area (Å²) in [5, 5.41) is 18.9. The Bertz CT molecular complexity index is 628. The molecule has 1 saturated carbocycles. The highest BCUT2D eigenvalue weighted by molar-refractivity contribution is 5.85. The largest absolute Gasteiger partial charge is 0.481 e. The lowest BCUT2D eigenvalue weighted by Crippen LogP contribution is -2.51. The van der Waals surface area contributed by atoms with Gasteiger partial charge in [-0.25, -0.2) is 0 Å². The van der Waals surface area contributed by atoms with Crippen molar-refractivity contribution in [2.24, 2.45) is 11.8 Å². The summed E-state index contributed by atoms with van der Waals surface area (Å²) in [6.45, 7) is 0. The molecule has 0 aromatic carbocycles. The van der Waals surface area contributed by atoms with E-state index in [0.717, 1.165) is 11.1 Å². The number of nitrogens with zero attached hydrogens (tertiary/aromatic N) is 2. The van der Waals surface area contributed by atoms with Gasteiger partial charge in [-0.05, 0) is 35.4 Å². The molecule has 6 heteroatoms. The third-order valence-corrected chi connectivity index (χ3v) is 4.30. The van der Waals surface area contributed by atoms with Crippen LogP contribution in [0.5, 0.6) is 0 Å².